The number of hydrogen-bond donors (Lipinski definition) is 0. The number of thiophene rings is 1. The molecule has 2 nitrogen and oxygen atoms in total. The molecule has 0 saturated carbocycles. The average molecular weight is 719 g/mol. The van der Waals surface area contributed by atoms with Crippen molar-refractivity contribution in [2.75, 3.05) is 4.90 Å². The highest BCUT2D eigenvalue weighted by molar-refractivity contribution is 7.25. The minimum atomic E-state index is 1.10. The van der Waals surface area contributed by atoms with Crippen LogP contribution in [0.1, 0.15) is 0 Å². The molecule has 55 heavy (non-hydrogen) atoms. The van der Waals surface area contributed by atoms with Gasteiger partial charge in [-0.05, 0) is 106 Å². The van der Waals surface area contributed by atoms with Crippen LogP contribution < -0.4 is 4.90 Å². The van der Waals surface area contributed by atoms with Crippen LogP contribution in [0, 0.1) is 0 Å². The topological polar surface area (TPSA) is 8.17 Å². The maximum atomic E-state index is 2.37. The van der Waals surface area contributed by atoms with Gasteiger partial charge in [-0.25, -0.2) is 0 Å². The van der Waals surface area contributed by atoms with Crippen molar-refractivity contribution in [3.8, 4) is 27.9 Å². The Morgan fingerprint density at radius 1 is 0.345 bits per heavy atom. The van der Waals surface area contributed by atoms with Crippen LogP contribution in [0.3, 0.4) is 0 Å². The highest BCUT2D eigenvalue weighted by Gasteiger charge is 2.16. The molecule has 2 aromatic heterocycles. The maximum Gasteiger partial charge on any atom is 0.0541 e. The normalized spacial score (nSPS) is 11.6. The van der Waals surface area contributed by atoms with E-state index in [0.717, 1.165) is 22.7 Å². The van der Waals surface area contributed by atoms with Crippen molar-refractivity contribution in [1.29, 1.82) is 0 Å². The molecule has 0 saturated heterocycles. The summed E-state index contributed by atoms with van der Waals surface area (Å²) in [6.07, 6.45) is 0. The number of nitrogens with zero attached hydrogens (tertiary/aromatic N) is 2. The lowest BCUT2D eigenvalue weighted by molar-refractivity contribution is 1.17. The number of hydrogen-bond acceptors (Lipinski definition) is 2. The van der Waals surface area contributed by atoms with E-state index in [1.54, 1.807) is 0 Å². The second-order valence-electron chi connectivity index (χ2n) is 14.2. The monoisotopic (exact) mass is 718 g/mol. The molecule has 0 aliphatic rings. The lowest BCUT2D eigenvalue weighted by atomic mass is 9.98. The molecule has 0 bridgehead atoms. The predicted octanol–water partition coefficient (Wildman–Crippen LogP) is 15.1. The first-order valence-electron chi connectivity index (χ1n) is 18.8. The molecule has 3 heteroatoms. The Balaban J connectivity index is 1.00. The second-order valence-corrected chi connectivity index (χ2v) is 15.2. The zero-order chi connectivity index (χ0) is 36.3. The van der Waals surface area contributed by atoms with Gasteiger partial charge in [0, 0.05) is 53.7 Å². The largest absolute Gasteiger partial charge is 0.311 e. The zero-order valence-electron chi connectivity index (χ0n) is 29.9. The molecule has 11 aromatic rings. The van der Waals surface area contributed by atoms with E-state index in [1.807, 2.05) is 11.3 Å². The van der Waals surface area contributed by atoms with Gasteiger partial charge in [0.15, 0.2) is 0 Å². The van der Waals surface area contributed by atoms with Crippen LogP contribution in [0.25, 0.3) is 80.7 Å². The maximum absolute atomic E-state index is 2.37. The number of para-hydroxylation sites is 2. The lowest BCUT2D eigenvalue weighted by Gasteiger charge is -2.26. The van der Waals surface area contributed by atoms with Gasteiger partial charge in [0.2, 0.25) is 0 Å². The molecular formula is C52H34N2S. The summed E-state index contributed by atoms with van der Waals surface area (Å²) < 4.78 is 5.02. The molecule has 11 rings (SSSR count). The van der Waals surface area contributed by atoms with Gasteiger partial charge in [-0.2, -0.15) is 0 Å². The summed E-state index contributed by atoms with van der Waals surface area (Å²) in [5.41, 5.74) is 11.7. The van der Waals surface area contributed by atoms with Crippen LogP contribution >= 0.6 is 11.3 Å². The van der Waals surface area contributed by atoms with Crippen LogP contribution in [-0.2, 0) is 0 Å². The van der Waals surface area contributed by atoms with Crippen LogP contribution in [0.15, 0.2) is 206 Å². The Kier molecular flexibility index (Phi) is 7.39. The molecule has 2 heterocycles. The first kappa shape index (κ1) is 31.6. The Bertz CT molecular complexity index is 3130. The number of benzene rings is 9. The zero-order valence-corrected chi connectivity index (χ0v) is 30.7. The van der Waals surface area contributed by atoms with Gasteiger partial charge in [-0.1, -0.05) is 133 Å². The molecule has 0 spiro atoms. The minimum absolute atomic E-state index is 1.10. The summed E-state index contributed by atoms with van der Waals surface area (Å²) in [6.45, 7) is 0. The Hall–Kier alpha value is -6.94. The van der Waals surface area contributed by atoms with Crippen molar-refractivity contribution in [3.63, 3.8) is 0 Å². The molecule has 9 aromatic carbocycles. The Labute approximate surface area is 323 Å². The van der Waals surface area contributed by atoms with Gasteiger partial charge in [0.05, 0.1) is 11.0 Å². The molecular weight excluding hydrogens is 685 g/mol. The summed E-state index contributed by atoms with van der Waals surface area (Å²) in [6, 6.07) is 75.1. The second kappa shape index (κ2) is 12.9. The average Bonchev–Trinajstić information content (AvgIpc) is 3.80. The smallest absolute Gasteiger partial charge is 0.0541 e. The van der Waals surface area contributed by atoms with Gasteiger partial charge in [-0.15, -0.1) is 11.3 Å². The molecule has 0 radical (unpaired) electrons. The summed E-state index contributed by atoms with van der Waals surface area (Å²) in [4.78, 5) is 2.36. The number of fused-ring (bicyclic) bond motifs is 7. The molecule has 0 aliphatic carbocycles. The third-order valence-corrected chi connectivity index (χ3v) is 12.1. The molecule has 0 fully saturated rings. The highest BCUT2D eigenvalue weighted by Crippen LogP contribution is 2.40. The van der Waals surface area contributed by atoms with Gasteiger partial charge < -0.3 is 9.47 Å². The van der Waals surface area contributed by atoms with E-state index < -0.39 is 0 Å². The number of anilines is 3. The van der Waals surface area contributed by atoms with Crippen molar-refractivity contribution in [2.24, 2.45) is 0 Å². The van der Waals surface area contributed by atoms with E-state index in [-0.39, 0.29) is 0 Å². The fraction of sp³-hybridized carbons (Fsp3) is 0. The summed E-state index contributed by atoms with van der Waals surface area (Å²) >= 11 is 1.86. The molecule has 0 aliphatic heterocycles. The third-order valence-electron chi connectivity index (χ3n) is 11.0. The first-order chi connectivity index (χ1) is 27.3. The standard InChI is InChI=1S/C52H34N2S/c1-2-12-43-36(10-1)11-9-16-44(43)37-22-27-40(28-23-37)53(39-25-20-35(21-26-39)38-24-33-48-47-15-5-8-19-51(47)55-52(48)34-38)41-29-31-42(32-30-41)54-49-17-6-3-13-45(49)46-14-4-7-18-50(46)54/h1-34H. The van der Waals surface area contributed by atoms with Crippen molar-refractivity contribution in [1.82, 2.24) is 4.57 Å². The van der Waals surface area contributed by atoms with E-state index in [4.69, 9.17) is 0 Å². The lowest BCUT2D eigenvalue weighted by Crippen LogP contribution is -2.10. The summed E-state index contributed by atoms with van der Waals surface area (Å²) in [7, 11) is 0. The first-order valence-corrected chi connectivity index (χ1v) is 19.6. The highest BCUT2D eigenvalue weighted by atomic mass is 32.1. The Morgan fingerprint density at radius 3 is 1.55 bits per heavy atom. The quantitative estimate of drug-likeness (QED) is 0.166. The van der Waals surface area contributed by atoms with E-state index in [9.17, 15) is 0 Å². The van der Waals surface area contributed by atoms with Crippen LogP contribution in [0.4, 0.5) is 17.1 Å². The fourth-order valence-electron chi connectivity index (χ4n) is 8.37. The number of aromatic nitrogens is 1. The van der Waals surface area contributed by atoms with E-state index in [2.05, 4.69) is 216 Å². The van der Waals surface area contributed by atoms with Crippen LogP contribution in [-0.4, -0.2) is 4.57 Å². The third kappa shape index (κ3) is 5.32. The van der Waals surface area contributed by atoms with Crippen molar-refractivity contribution in [3.05, 3.63) is 206 Å². The van der Waals surface area contributed by atoms with Gasteiger partial charge >= 0.3 is 0 Å². The Morgan fingerprint density at radius 2 is 0.855 bits per heavy atom. The molecule has 0 unspecified atom stereocenters. The fourth-order valence-corrected chi connectivity index (χ4v) is 9.52. The van der Waals surface area contributed by atoms with E-state index in [0.29, 0.717) is 0 Å². The van der Waals surface area contributed by atoms with Crippen LogP contribution in [0.2, 0.25) is 0 Å². The van der Waals surface area contributed by atoms with Gasteiger partial charge in [0.1, 0.15) is 0 Å². The van der Waals surface area contributed by atoms with Crippen LogP contribution in [0.5, 0.6) is 0 Å². The molecule has 258 valence electrons. The molecule has 0 atom stereocenters. The van der Waals surface area contributed by atoms with Gasteiger partial charge in [0.25, 0.3) is 0 Å². The molecule has 0 amide bonds. The summed E-state index contributed by atoms with van der Waals surface area (Å²) in [5, 5.41) is 7.70. The van der Waals surface area contributed by atoms with Crippen molar-refractivity contribution >= 4 is 81.1 Å². The predicted molar refractivity (Wildman–Crippen MR) is 237 cm³/mol. The SMILES string of the molecule is c1ccc2c(-c3ccc(N(c4ccc(-c5ccc6c(c5)sc5ccccc56)cc4)c4ccc(-n5c6ccccc6c6ccccc65)cc4)cc3)cccc2c1. The van der Waals surface area contributed by atoms with Gasteiger partial charge in [-0.3, -0.25) is 0 Å². The number of rotatable bonds is 6. The summed E-state index contributed by atoms with van der Waals surface area (Å²) in [5.74, 6) is 0. The molecule has 0 N–H and O–H groups in total. The van der Waals surface area contributed by atoms with Crippen molar-refractivity contribution in [2.45, 2.75) is 0 Å². The minimum Gasteiger partial charge on any atom is -0.311 e. The van der Waals surface area contributed by atoms with Crippen molar-refractivity contribution < 1.29 is 0 Å². The van der Waals surface area contributed by atoms with E-state index in [1.165, 1.54) is 75.0 Å². The van der Waals surface area contributed by atoms with E-state index >= 15 is 0 Å².